The van der Waals surface area contributed by atoms with Crippen molar-refractivity contribution in [3.8, 4) is 5.75 Å². The SMILES string of the molecule is Cc1cc(CNC(=O)c2nc3n(c(=O)c2O)CCN3Cc2ccccc2)ccc1F. The molecule has 1 aliphatic rings. The lowest BCUT2D eigenvalue weighted by molar-refractivity contribution is 0.0942. The number of aromatic nitrogens is 2. The Hall–Kier alpha value is -3.68. The van der Waals surface area contributed by atoms with E-state index in [4.69, 9.17) is 0 Å². The van der Waals surface area contributed by atoms with Gasteiger partial charge >= 0.3 is 0 Å². The van der Waals surface area contributed by atoms with Crippen molar-refractivity contribution in [2.75, 3.05) is 11.4 Å². The number of halogens is 1. The fourth-order valence-corrected chi connectivity index (χ4v) is 3.49. The molecule has 0 spiro atoms. The van der Waals surface area contributed by atoms with Crippen molar-refractivity contribution in [2.24, 2.45) is 0 Å². The molecule has 8 heteroatoms. The van der Waals surface area contributed by atoms with E-state index in [0.717, 1.165) is 5.56 Å². The van der Waals surface area contributed by atoms with Crippen LogP contribution in [0.3, 0.4) is 0 Å². The molecule has 4 rings (SSSR count). The highest BCUT2D eigenvalue weighted by molar-refractivity contribution is 5.95. The second kappa shape index (κ2) is 7.98. The van der Waals surface area contributed by atoms with Gasteiger partial charge < -0.3 is 15.3 Å². The fourth-order valence-electron chi connectivity index (χ4n) is 3.49. The second-order valence-corrected chi connectivity index (χ2v) is 7.24. The molecule has 0 atom stereocenters. The molecular weight excluding hydrogens is 387 g/mol. The van der Waals surface area contributed by atoms with Gasteiger partial charge in [0.1, 0.15) is 5.82 Å². The van der Waals surface area contributed by atoms with Gasteiger partial charge in [-0.1, -0.05) is 42.5 Å². The van der Waals surface area contributed by atoms with E-state index in [0.29, 0.717) is 36.7 Å². The first-order valence-electron chi connectivity index (χ1n) is 9.60. The van der Waals surface area contributed by atoms with E-state index >= 15 is 0 Å². The monoisotopic (exact) mass is 408 g/mol. The molecule has 0 saturated heterocycles. The Kier molecular flexibility index (Phi) is 5.22. The number of anilines is 1. The average molecular weight is 408 g/mol. The quantitative estimate of drug-likeness (QED) is 0.677. The molecule has 0 fully saturated rings. The normalized spacial score (nSPS) is 12.7. The Bertz CT molecular complexity index is 1160. The maximum atomic E-state index is 13.4. The van der Waals surface area contributed by atoms with Gasteiger partial charge in [-0.3, -0.25) is 14.2 Å². The smallest absolute Gasteiger partial charge is 0.298 e. The zero-order valence-electron chi connectivity index (χ0n) is 16.4. The summed E-state index contributed by atoms with van der Waals surface area (Å²) >= 11 is 0. The molecule has 154 valence electrons. The molecule has 3 aromatic rings. The van der Waals surface area contributed by atoms with Crippen LogP contribution in [0.2, 0.25) is 0 Å². The number of hydrogen-bond donors (Lipinski definition) is 2. The van der Waals surface area contributed by atoms with Crippen LogP contribution in [0, 0.1) is 12.7 Å². The number of nitrogens with zero attached hydrogens (tertiary/aromatic N) is 3. The second-order valence-electron chi connectivity index (χ2n) is 7.24. The molecule has 1 aliphatic heterocycles. The van der Waals surface area contributed by atoms with E-state index in [2.05, 4.69) is 10.3 Å². The van der Waals surface area contributed by atoms with Crippen LogP contribution < -0.4 is 15.8 Å². The van der Waals surface area contributed by atoms with Gasteiger partial charge in [-0.05, 0) is 29.7 Å². The van der Waals surface area contributed by atoms with Crippen molar-refractivity contribution in [3.63, 3.8) is 0 Å². The first kappa shape index (κ1) is 19.6. The van der Waals surface area contributed by atoms with Gasteiger partial charge in [-0.25, -0.2) is 9.37 Å². The predicted octanol–water partition coefficient (Wildman–Crippen LogP) is 2.35. The largest absolute Gasteiger partial charge is 0.501 e. The maximum absolute atomic E-state index is 13.4. The lowest BCUT2D eigenvalue weighted by Gasteiger charge is -2.18. The maximum Gasteiger partial charge on any atom is 0.298 e. The van der Waals surface area contributed by atoms with Gasteiger partial charge in [0.25, 0.3) is 11.5 Å². The third-order valence-electron chi connectivity index (χ3n) is 5.11. The molecule has 2 aromatic carbocycles. The van der Waals surface area contributed by atoms with Crippen LogP contribution in [0.4, 0.5) is 10.3 Å². The molecule has 7 nitrogen and oxygen atoms in total. The third-order valence-corrected chi connectivity index (χ3v) is 5.11. The summed E-state index contributed by atoms with van der Waals surface area (Å²) in [6.45, 7) is 3.23. The minimum Gasteiger partial charge on any atom is -0.501 e. The third kappa shape index (κ3) is 3.76. The number of carbonyl (C=O) groups is 1. The molecule has 0 radical (unpaired) electrons. The lowest BCUT2D eigenvalue weighted by Crippen LogP contribution is -2.29. The number of hydrogen-bond acceptors (Lipinski definition) is 5. The number of benzene rings is 2. The van der Waals surface area contributed by atoms with Crippen molar-refractivity contribution >= 4 is 11.9 Å². The summed E-state index contributed by atoms with van der Waals surface area (Å²) in [5.74, 6) is -1.31. The Labute approximate surface area is 172 Å². The van der Waals surface area contributed by atoms with Gasteiger partial charge in [-0.15, -0.1) is 0 Å². The first-order chi connectivity index (χ1) is 14.4. The molecular formula is C22H21FN4O3. The number of nitrogens with one attached hydrogen (secondary N) is 1. The first-order valence-corrected chi connectivity index (χ1v) is 9.60. The van der Waals surface area contributed by atoms with Gasteiger partial charge in [0.05, 0.1) is 0 Å². The number of aryl methyl sites for hydroxylation is 1. The number of aromatic hydroxyl groups is 1. The van der Waals surface area contributed by atoms with E-state index in [1.807, 2.05) is 35.2 Å². The molecule has 0 unspecified atom stereocenters. The van der Waals surface area contributed by atoms with Crippen LogP contribution in [0.15, 0.2) is 53.3 Å². The van der Waals surface area contributed by atoms with Crippen LogP contribution in [0.25, 0.3) is 0 Å². The summed E-state index contributed by atoms with van der Waals surface area (Å²) in [6, 6.07) is 14.2. The summed E-state index contributed by atoms with van der Waals surface area (Å²) in [4.78, 5) is 31.4. The highest BCUT2D eigenvalue weighted by Crippen LogP contribution is 2.23. The molecule has 30 heavy (non-hydrogen) atoms. The topological polar surface area (TPSA) is 87.5 Å². The summed E-state index contributed by atoms with van der Waals surface area (Å²) in [5.41, 5.74) is 1.26. The minimum atomic E-state index is -0.673. The number of fused-ring (bicyclic) bond motifs is 1. The standard InChI is InChI=1S/C22H21FN4O3/c1-14-11-16(7-8-17(14)23)12-24-20(29)18-19(28)21(30)27-10-9-26(22(27)25-18)13-15-5-3-2-4-6-15/h2-8,11,28H,9-10,12-13H2,1H3,(H,24,29). The molecule has 1 aromatic heterocycles. The van der Waals surface area contributed by atoms with Gasteiger partial charge in [0, 0.05) is 26.2 Å². The Morgan fingerprint density at radius 3 is 2.67 bits per heavy atom. The van der Waals surface area contributed by atoms with Gasteiger partial charge in [0.15, 0.2) is 5.69 Å². The molecule has 0 aliphatic carbocycles. The van der Waals surface area contributed by atoms with Crippen molar-refractivity contribution in [1.82, 2.24) is 14.9 Å². The van der Waals surface area contributed by atoms with E-state index in [1.54, 1.807) is 19.1 Å². The van der Waals surface area contributed by atoms with Crippen molar-refractivity contribution in [1.29, 1.82) is 0 Å². The number of rotatable bonds is 5. The highest BCUT2D eigenvalue weighted by Gasteiger charge is 2.28. The van der Waals surface area contributed by atoms with Crippen LogP contribution in [-0.4, -0.2) is 27.1 Å². The summed E-state index contributed by atoms with van der Waals surface area (Å²) in [6.07, 6.45) is 0. The number of amides is 1. The van der Waals surface area contributed by atoms with E-state index < -0.39 is 17.2 Å². The molecule has 2 N–H and O–H groups in total. The number of carbonyl (C=O) groups excluding carboxylic acids is 1. The summed E-state index contributed by atoms with van der Waals surface area (Å²) in [5, 5.41) is 12.9. The van der Waals surface area contributed by atoms with Crippen molar-refractivity contribution in [3.05, 3.63) is 87.1 Å². The average Bonchev–Trinajstić information content (AvgIpc) is 3.14. The zero-order valence-corrected chi connectivity index (χ0v) is 16.4. The van der Waals surface area contributed by atoms with Crippen molar-refractivity contribution in [2.45, 2.75) is 26.6 Å². The predicted molar refractivity (Wildman–Crippen MR) is 110 cm³/mol. The molecule has 1 amide bonds. The zero-order chi connectivity index (χ0) is 21.3. The Balaban J connectivity index is 1.57. The van der Waals surface area contributed by atoms with Crippen LogP contribution in [-0.2, 0) is 19.6 Å². The van der Waals surface area contributed by atoms with E-state index in [-0.39, 0.29) is 18.1 Å². The highest BCUT2D eigenvalue weighted by atomic mass is 19.1. The minimum absolute atomic E-state index is 0.118. The van der Waals surface area contributed by atoms with Crippen LogP contribution in [0.5, 0.6) is 5.75 Å². The summed E-state index contributed by atoms with van der Waals surface area (Å²) < 4.78 is 14.8. The van der Waals surface area contributed by atoms with E-state index in [1.165, 1.54) is 10.6 Å². The molecule has 2 heterocycles. The fraction of sp³-hybridized carbons (Fsp3) is 0.227. The Morgan fingerprint density at radius 2 is 1.93 bits per heavy atom. The van der Waals surface area contributed by atoms with E-state index in [9.17, 15) is 19.1 Å². The van der Waals surface area contributed by atoms with Gasteiger partial charge in [-0.2, -0.15) is 0 Å². The van der Waals surface area contributed by atoms with Crippen molar-refractivity contribution < 1.29 is 14.3 Å². The van der Waals surface area contributed by atoms with Gasteiger partial charge in [0.2, 0.25) is 11.7 Å². The lowest BCUT2D eigenvalue weighted by atomic mass is 10.1. The summed E-state index contributed by atoms with van der Waals surface area (Å²) in [7, 11) is 0. The Morgan fingerprint density at radius 1 is 1.17 bits per heavy atom. The molecule has 0 saturated carbocycles. The van der Waals surface area contributed by atoms with Crippen LogP contribution in [0.1, 0.15) is 27.2 Å². The van der Waals surface area contributed by atoms with Crippen LogP contribution >= 0.6 is 0 Å². The molecule has 0 bridgehead atoms.